The smallest absolute Gasteiger partial charge is 0.238 e. The summed E-state index contributed by atoms with van der Waals surface area (Å²) >= 11 is 0. The minimum Gasteiger partial charge on any atom is -0.349 e. The van der Waals surface area contributed by atoms with Crippen LogP contribution in [-0.2, 0) is 20.1 Å². The summed E-state index contributed by atoms with van der Waals surface area (Å²) in [6.07, 6.45) is 6.05. The molecule has 2 aromatic rings. The van der Waals surface area contributed by atoms with E-state index in [0.717, 1.165) is 29.2 Å². The number of nitrogens with zero attached hydrogens (tertiary/aromatic N) is 2. The van der Waals surface area contributed by atoms with Crippen LogP contribution in [0, 0.1) is 0 Å². The highest BCUT2D eigenvalue weighted by Crippen LogP contribution is 2.37. The molecule has 0 aliphatic rings. The third kappa shape index (κ3) is 4.71. The SMILES string of the molecule is CCCCOC(CCCN=C=O)(N=C=O)c1cccc2ccccc12. The summed E-state index contributed by atoms with van der Waals surface area (Å²) in [4.78, 5) is 29.2. The van der Waals surface area contributed by atoms with Gasteiger partial charge in [0.1, 0.15) is 0 Å². The predicted molar refractivity (Wildman–Crippen MR) is 96.8 cm³/mol. The molecule has 1 unspecified atom stereocenters. The average molecular weight is 338 g/mol. The van der Waals surface area contributed by atoms with E-state index >= 15 is 0 Å². The maximum atomic E-state index is 11.2. The van der Waals surface area contributed by atoms with Crippen molar-refractivity contribution in [1.82, 2.24) is 0 Å². The second kappa shape index (κ2) is 9.65. The first kappa shape index (κ1) is 18.8. The van der Waals surface area contributed by atoms with Gasteiger partial charge >= 0.3 is 0 Å². The van der Waals surface area contributed by atoms with Gasteiger partial charge in [0.25, 0.3) is 0 Å². The lowest BCUT2D eigenvalue weighted by atomic mass is 9.92. The van der Waals surface area contributed by atoms with Crippen molar-refractivity contribution in [3.8, 4) is 0 Å². The highest BCUT2D eigenvalue weighted by atomic mass is 16.5. The van der Waals surface area contributed by atoms with Crippen molar-refractivity contribution in [2.24, 2.45) is 9.98 Å². The average Bonchev–Trinajstić information content (AvgIpc) is 2.65. The molecule has 0 fully saturated rings. The molecule has 2 rings (SSSR count). The number of benzene rings is 2. The lowest BCUT2D eigenvalue weighted by molar-refractivity contribution is -0.0513. The van der Waals surface area contributed by atoms with Crippen LogP contribution in [0.25, 0.3) is 10.8 Å². The molecule has 0 aliphatic carbocycles. The van der Waals surface area contributed by atoms with E-state index in [-0.39, 0.29) is 0 Å². The van der Waals surface area contributed by atoms with Crippen molar-refractivity contribution in [3.05, 3.63) is 48.0 Å². The minimum atomic E-state index is -1.11. The summed E-state index contributed by atoms with van der Waals surface area (Å²) in [7, 11) is 0. The summed E-state index contributed by atoms with van der Waals surface area (Å²) in [5.74, 6) is 0. The fraction of sp³-hybridized carbons (Fsp3) is 0.400. The molecule has 0 aliphatic heterocycles. The number of aliphatic imine (C=N–C) groups is 2. The van der Waals surface area contributed by atoms with E-state index in [2.05, 4.69) is 16.9 Å². The first-order valence-corrected chi connectivity index (χ1v) is 8.52. The van der Waals surface area contributed by atoms with Gasteiger partial charge in [0.2, 0.25) is 12.2 Å². The van der Waals surface area contributed by atoms with Gasteiger partial charge < -0.3 is 4.74 Å². The molecule has 0 amide bonds. The van der Waals surface area contributed by atoms with Crippen LogP contribution in [0.4, 0.5) is 0 Å². The second-order valence-electron chi connectivity index (χ2n) is 5.79. The predicted octanol–water partition coefficient (Wildman–Crippen LogP) is 4.26. The molecule has 0 spiro atoms. The normalized spacial score (nSPS) is 12.8. The molecular formula is C20H22N2O3. The molecule has 130 valence electrons. The quantitative estimate of drug-likeness (QED) is 0.369. The van der Waals surface area contributed by atoms with Gasteiger partial charge in [-0.05, 0) is 23.6 Å². The molecule has 0 heterocycles. The fourth-order valence-electron chi connectivity index (χ4n) is 2.90. The Morgan fingerprint density at radius 1 is 1.04 bits per heavy atom. The Kier molecular flexibility index (Phi) is 7.24. The van der Waals surface area contributed by atoms with Gasteiger partial charge in [0, 0.05) is 18.6 Å². The minimum absolute atomic E-state index is 0.321. The van der Waals surface area contributed by atoms with Crippen molar-refractivity contribution in [2.45, 2.75) is 38.3 Å². The van der Waals surface area contributed by atoms with Gasteiger partial charge in [-0.25, -0.2) is 14.6 Å². The van der Waals surface area contributed by atoms with Crippen molar-refractivity contribution in [3.63, 3.8) is 0 Å². The molecule has 0 saturated heterocycles. The number of unbranched alkanes of at least 4 members (excludes halogenated alkanes) is 1. The van der Waals surface area contributed by atoms with Gasteiger partial charge in [-0.3, -0.25) is 0 Å². The van der Waals surface area contributed by atoms with Crippen LogP contribution in [0.5, 0.6) is 0 Å². The Hall–Kier alpha value is -2.58. The number of hydrogen-bond donors (Lipinski definition) is 0. The van der Waals surface area contributed by atoms with E-state index in [1.165, 1.54) is 6.08 Å². The zero-order valence-corrected chi connectivity index (χ0v) is 14.4. The van der Waals surface area contributed by atoms with E-state index in [1.54, 1.807) is 6.08 Å². The molecule has 25 heavy (non-hydrogen) atoms. The van der Waals surface area contributed by atoms with Gasteiger partial charge in [-0.15, -0.1) is 0 Å². The summed E-state index contributed by atoms with van der Waals surface area (Å²) < 4.78 is 6.12. The molecular weight excluding hydrogens is 316 g/mol. The maximum Gasteiger partial charge on any atom is 0.238 e. The largest absolute Gasteiger partial charge is 0.349 e. The highest BCUT2D eigenvalue weighted by molar-refractivity contribution is 5.86. The number of hydrogen-bond acceptors (Lipinski definition) is 5. The van der Waals surface area contributed by atoms with Crippen LogP contribution in [0.2, 0.25) is 0 Å². The third-order valence-corrected chi connectivity index (χ3v) is 4.13. The summed E-state index contributed by atoms with van der Waals surface area (Å²) in [5.41, 5.74) is -0.281. The second-order valence-corrected chi connectivity index (χ2v) is 5.79. The zero-order valence-electron chi connectivity index (χ0n) is 14.4. The Morgan fingerprint density at radius 3 is 2.60 bits per heavy atom. The number of fused-ring (bicyclic) bond motifs is 1. The van der Waals surface area contributed by atoms with E-state index in [9.17, 15) is 9.59 Å². The van der Waals surface area contributed by atoms with E-state index < -0.39 is 5.72 Å². The van der Waals surface area contributed by atoms with E-state index in [1.807, 2.05) is 42.5 Å². The number of isocyanates is 2. The Labute approximate surface area is 147 Å². The van der Waals surface area contributed by atoms with Crippen molar-refractivity contribution in [2.75, 3.05) is 13.2 Å². The Morgan fingerprint density at radius 2 is 1.84 bits per heavy atom. The lowest BCUT2D eigenvalue weighted by Crippen LogP contribution is -2.29. The number of carbonyl (C=O) groups excluding carboxylic acids is 2. The molecule has 0 bridgehead atoms. The molecule has 2 aromatic carbocycles. The van der Waals surface area contributed by atoms with E-state index in [4.69, 9.17) is 4.74 Å². The first-order chi connectivity index (χ1) is 12.3. The number of rotatable bonds is 10. The highest BCUT2D eigenvalue weighted by Gasteiger charge is 2.34. The van der Waals surface area contributed by atoms with Crippen LogP contribution in [-0.4, -0.2) is 25.3 Å². The van der Waals surface area contributed by atoms with Crippen LogP contribution >= 0.6 is 0 Å². The zero-order chi connectivity index (χ0) is 18.0. The molecule has 0 radical (unpaired) electrons. The first-order valence-electron chi connectivity index (χ1n) is 8.52. The lowest BCUT2D eigenvalue weighted by Gasteiger charge is -2.30. The van der Waals surface area contributed by atoms with Gasteiger partial charge in [-0.1, -0.05) is 55.8 Å². The monoisotopic (exact) mass is 338 g/mol. The Balaban J connectivity index is 2.49. The molecule has 0 saturated carbocycles. The van der Waals surface area contributed by atoms with Crippen LogP contribution in [0.15, 0.2) is 52.4 Å². The fourth-order valence-corrected chi connectivity index (χ4v) is 2.90. The molecule has 5 heteroatoms. The molecule has 1 atom stereocenters. The Bertz CT molecular complexity index is 787. The molecule has 0 N–H and O–H groups in total. The molecule has 5 nitrogen and oxygen atoms in total. The van der Waals surface area contributed by atoms with Gasteiger partial charge in [0.15, 0.2) is 5.72 Å². The van der Waals surface area contributed by atoms with E-state index in [0.29, 0.717) is 26.0 Å². The van der Waals surface area contributed by atoms with Crippen LogP contribution in [0.3, 0.4) is 0 Å². The number of ether oxygens (including phenoxy) is 1. The van der Waals surface area contributed by atoms with Crippen molar-refractivity contribution < 1.29 is 14.3 Å². The standard InChI is InChI=1S/C20H22N2O3/c1-2-3-14-25-20(22-16-24,12-7-13-21-15-23)19-11-6-9-17-8-4-5-10-18(17)19/h4-6,8-11H,2-3,7,12-14H2,1H3. The topological polar surface area (TPSA) is 68.1 Å². The van der Waals surface area contributed by atoms with Crippen molar-refractivity contribution >= 4 is 22.9 Å². The van der Waals surface area contributed by atoms with Crippen LogP contribution in [0.1, 0.15) is 38.2 Å². The van der Waals surface area contributed by atoms with Gasteiger partial charge in [-0.2, -0.15) is 4.99 Å². The van der Waals surface area contributed by atoms with Crippen molar-refractivity contribution in [1.29, 1.82) is 0 Å². The summed E-state index contributed by atoms with van der Waals surface area (Å²) in [6.45, 7) is 2.88. The molecule has 0 aromatic heterocycles. The maximum absolute atomic E-state index is 11.2. The van der Waals surface area contributed by atoms with Gasteiger partial charge in [0.05, 0.1) is 6.54 Å². The third-order valence-electron chi connectivity index (χ3n) is 4.13. The van der Waals surface area contributed by atoms with Crippen LogP contribution < -0.4 is 0 Å². The summed E-state index contributed by atoms with van der Waals surface area (Å²) in [5, 5.41) is 2.04. The summed E-state index contributed by atoms with van der Waals surface area (Å²) in [6, 6.07) is 13.8.